The Labute approximate surface area is 139 Å². The number of thiophene rings is 1. The number of carbonyl (C=O) groups is 3. The Morgan fingerprint density at radius 3 is 2.91 bits per heavy atom. The van der Waals surface area contributed by atoms with Crippen molar-refractivity contribution in [2.75, 3.05) is 6.54 Å². The molecular weight excluding hydrogens is 314 g/mol. The van der Waals surface area contributed by atoms with Gasteiger partial charge in [0.05, 0.1) is 12.1 Å². The highest BCUT2D eigenvalue weighted by Crippen LogP contribution is 2.28. The van der Waals surface area contributed by atoms with Crippen LogP contribution in [0.15, 0.2) is 17.5 Å². The summed E-state index contributed by atoms with van der Waals surface area (Å²) in [4.78, 5) is 38.7. The monoisotopic (exact) mass is 335 g/mol. The Morgan fingerprint density at radius 1 is 1.43 bits per heavy atom. The normalized spacial score (nSPS) is 26.0. The molecule has 0 bridgehead atoms. The number of carbonyl (C=O) groups excluding carboxylic acids is 3. The minimum absolute atomic E-state index is 0.0108. The first-order valence-electron chi connectivity index (χ1n) is 7.99. The fourth-order valence-corrected chi connectivity index (χ4v) is 4.06. The van der Waals surface area contributed by atoms with Crippen LogP contribution < -0.4 is 10.6 Å². The van der Waals surface area contributed by atoms with E-state index in [4.69, 9.17) is 0 Å². The summed E-state index contributed by atoms with van der Waals surface area (Å²) in [5.41, 5.74) is 0. The molecular formula is C16H21N3O3S. The second-order valence-corrected chi connectivity index (χ2v) is 7.06. The van der Waals surface area contributed by atoms with E-state index in [1.54, 1.807) is 23.2 Å². The molecule has 1 unspecified atom stereocenters. The number of hydrogen-bond acceptors (Lipinski definition) is 4. The lowest BCUT2D eigenvalue weighted by Crippen LogP contribution is -2.54. The molecule has 2 aliphatic heterocycles. The fraction of sp³-hybridized carbons (Fsp3) is 0.562. The van der Waals surface area contributed by atoms with Crippen LogP contribution in [0, 0.1) is 0 Å². The first-order chi connectivity index (χ1) is 11.1. The van der Waals surface area contributed by atoms with Crippen molar-refractivity contribution in [3.8, 4) is 0 Å². The Kier molecular flexibility index (Phi) is 4.66. The second kappa shape index (κ2) is 6.70. The summed E-state index contributed by atoms with van der Waals surface area (Å²) in [6.45, 7) is 2.41. The molecule has 1 aromatic heterocycles. The zero-order valence-corrected chi connectivity index (χ0v) is 13.9. The van der Waals surface area contributed by atoms with Gasteiger partial charge in [0, 0.05) is 24.3 Å². The van der Waals surface area contributed by atoms with Gasteiger partial charge in [0.1, 0.15) is 6.04 Å². The molecule has 3 amide bonds. The molecule has 0 spiro atoms. The molecule has 3 heterocycles. The van der Waals surface area contributed by atoms with Gasteiger partial charge in [0.25, 0.3) is 0 Å². The number of rotatable bonds is 4. The molecule has 1 aromatic rings. The number of nitrogens with one attached hydrogen (secondary N) is 2. The van der Waals surface area contributed by atoms with E-state index in [0.29, 0.717) is 25.8 Å². The molecule has 0 aliphatic carbocycles. The van der Waals surface area contributed by atoms with Crippen LogP contribution in [0.5, 0.6) is 0 Å². The van der Waals surface area contributed by atoms with E-state index < -0.39 is 6.04 Å². The van der Waals surface area contributed by atoms with Gasteiger partial charge in [-0.15, -0.1) is 11.3 Å². The molecule has 0 aromatic carbocycles. The van der Waals surface area contributed by atoms with E-state index in [1.165, 1.54) is 0 Å². The molecule has 0 radical (unpaired) electrons. The van der Waals surface area contributed by atoms with Crippen LogP contribution in [-0.4, -0.2) is 41.2 Å². The number of amides is 3. The van der Waals surface area contributed by atoms with Gasteiger partial charge in [0.2, 0.25) is 17.7 Å². The van der Waals surface area contributed by atoms with Crippen molar-refractivity contribution in [3.63, 3.8) is 0 Å². The van der Waals surface area contributed by atoms with Crippen molar-refractivity contribution in [2.45, 2.75) is 50.7 Å². The fourth-order valence-electron chi connectivity index (χ4n) is 3.22. The number of likely N-dealkylation sites (tertiary alicyclic amines) is 1. The zero-order chi connectivity index (χ0) is 16.4. The van der Waals surface area contributed by atoms with Gasteiger partial charge in [-0.05, 0) is 31.2 Å². The summed E-state index contributed by atoms with van der Waals surface area (Å²) < 4.78 is 0. The molecule has 3 atom stereocenters. The lowest BCUT2D eigenvalue weighted by atomic mass is 9.96. The van der Waals surface area contributed by atoms with Crippen LogP contribution in [0.1, 0.15) is 43.5 Å². The Hall–Kier alpha value is -1.89. The number of piperidine rings is 1. The van der Waals surface area contributed by atoms with E-state index in [1.807, 2.05) is 17.5 Å². The summed E-state index contributed by atoms with van der Waals surface area (Å²) in [7, 11) is 0. The molecule has 2 fully saturated rings. The molecule has 0 saturated carbocycles. The third-order valence-corrected chi connectivity index (χ3v) is 5.49. The van der Waals surface area contributed by atoms with Crippen LogP contribution in [0.4, 0.5) is 0 Å². The van der Waals surface area contributed by atoms with Crippen molar-refractivity contribution in [2.24, 2.45) is 0 Å². The Bertz CT molecular complexity index is 602. The lowest BCUT2D eigenvalue weighted by Gasteiger charge is -2.34. The standard InChI is InChI=1S/C16H21N3O3S/c1-10(19-8-2-5-14(19)21)16(22)17-11-6-7-13(20)18-15(11)12-4-3-9-23-12/h3-4,9-11,15H,2,5-8H2,1H3,(H,17,22)(H,18,20)/t10?,11-,15-/m1/s1. The average Bonchev–Trinajstić information content (AvgIpc) is 3.19. The minimum Gasteiger partial charge on any atom is -0.349 e. The maximum absolute atomic E-state index is 12.5. The second-order valence-electron chi connectivity index (χ2n) is 6.08. The van der Waals surface area contributed by atoms with E-state index in [9.17, 15) is 14.4 Å². The molecule has 6 nitrogen and oxygen atoms in total. The highest BCUT2D eigenvalue weighted by Gasteiger charge is 2.35. The first-order valence-corrected chi connectivity index (χ1v) is 8.87. The number of hydrogen-bond donors (Lipinski definition) is 2. The number of nitrogens with zero attached hydrogens (tertiary/aromatic N) is 1. The predicted molar refractivity (Wildman–Crippen MR) is 86.8 cm³/mol. The van der Waals surface area contributed by atoms with Gasteiger partial charge in [-0.1, -0.05) is 6.07 Å². The van der Waals surface area contributed by atoms with Crippen LogP contribution in [0.25, 0.3) is 0 Å². The topological polar surface area (TPSA) is 78.5 Å². The van der Waals surface area contributed by atoms with Gasteiger partial charge in [-0.25, -0.2) is 0 Å². The summed E-state index contributed by atoms with van der Waals surface area (Å²) in [5.74, 6) is -0.0981. The van der Waals surface area contributed by atoms with E-state index in [2.05, 4.69) is 10.6 Å². The van der Waals surface area contributed by atoms with E-state index in [-0.39, 0.29) is 29.8 Å². The molecule has 2 saturated heterocycles. The summed E-state index contributed by atoms with van der Waals surface area (Å²) >= 11 is 1.57. The van der Waals surface area contributed by atoms with E-state index >= 15 is 0 Å². The van der Waals surface area contributed by atoms with Crippen LogP contribution in [-0.2, 0) is 14.4 Å². The molecule has 124 valence electrons. The summed E-state index contributed by atoms with van der Waals surface area (Å²) in [5, 5.41) is 7.96. The van der Waals surface area contributed by atoms with Crippen LogP contribution >= 0.6 is 11.3 Å². The van der Waals surface area contributed by atoms with Crippen molar-refractivity contribution < 1.29 is 14.4 Å². The third kappa shape index (κ3) is 3.39. The Balaban J connectivity index is 1.68. The van der Waals surface area contributed by atoms with Gasteiger partial charge >= 0.3 is 0 Å². The van der Waals surface area contributed by atoms with Gasteiger partial charge in [-0.2, -0.15) is 0 Å². The van der Waals surface area contributed by atoms with Crippen LogP contribution in [0.2, 0.25) is 0 Å². The third-order valence-electron chi connectivity index (χ3n) is 4.54. The lowest BCUT2D eigenvalue weighted by molar-refractivity contribution is -0.137. The van der Waals surface area contributed by atoms with Gasteiger partial charge in [-0.3, -0.25) is 14.4 Å². The maximum atomic E-state index is 12.5. The molecule has 23 heavy (non-hydrogen) atoms. The summed E-state index contributed by atoms with van der Waals surface area (Å²) in [6.07, 6.45) is 2.35. The smallest absolute Gasteiger partial charge is 0.242 e. The molecule has 3 rings (SSSR count). The van der Waals surface area contributed by atoms with Crippen molar-refractivity contribution in [1.29, 1.82) is 0 Å². The molecule has 2 aliphatic rings. The van der Waals surface area contributed by atoms with Gasteiger partial charge < -0.3 is 15.5 Å². The molecule has 2 N–H and O–H groups in total. The highest BCUT2D eigenvalue weighted by atomic mass is 32.1. The zero-order valence-electron chi connectivity index (χ0n) is 13.1. The average molecular weight is 335 g/mol. The Morgan fingerprint density at radius 2 is 2.26 bits per heavy atom. The first kappa shape index (κ1) is 16.0. The van der Waals surface area contributed by atoms with Crippen LogP contribution in [0.3, 0.4) is 0 Å². The summed E-state index contributed by atoms with van der Waals surface area (Å²) in [6, 6.07) is 3.10. The molecule has 7 heteroatoms. The van der Waals surface area contributed by atoms with E-state index in [0.717, 1.165) is 11.3 Å². The minimum atomic E-state index is -0.466. The highest BCUT2D eigenvalue weighted by molar-refractivity contribution is 7.10. The SMILES string of the molecule is CC(C(=O)N[C@@H]1CCC(=O)N[C@H]1c1cccs1)N1CCCC1=O. The maximum Gasteiger partial charge on any atom is 0.242 e. The van der Waals surface area contributed by atoms with Crippen molar-refractivity contribution in [3.05, 3.63) is 22.4 Å². The predicted octanol–water partition coefficient (Wildman–Crippen LogP) is 1.19. The largest absolute Gasteiger partial charge is 0.349 e. The van der Waals surface area contributed by atoms with Crippen molar-refractivity contribution >= 4 is 29.1 Å². The quantitative estimate of drug-likeness (QED) is 0.868. The van der Waals surface area contributed by atoms with Crippen molar-refractivity contribution in [1.82, 2.24) is 15.5 Å². The van der Waals surface area contributed by atoms with Gasteiger partial charge in [0.15, 0.2) is 0 Å².